The predicted octanol–water partition coefficient (Wildman–Crippen LogP) is 0.775. The summed E-state index contributed by atoms with van der Waals surface area (Å²) in [5.74, 6) is -1.23. The molecular formula is C10H12N3O4P. The molecule has 0 aliphatic heterocycles. The van der Waals surface area contributed by atoms with Gasteiger partial charge >= 0.3 is 5.97 Å². The lowest BCUT2D eigenvalue weighted by Crippen LogP contribution is -2.08. The number of carboxylic acid groups (broad SMARTS) is 1. The Morgan fingerprint density at radius 3 is 2.94 bits per heavy atom. The minimum absolute atomic E-state index is 0.110. The average molecular weight is 269 g/mol. The molecule has 2 rings (SSSR count). The molecule has 0 amide bonds. The molecule has 18 heavy (non-hydrogen) atoms. The highest BCUT2D eigenvalue weighted by Gasteiger charge is 2.11. The molecule has 0 bridgehead atoms. The van der Waals surface area contributed by atoms with Gasteiger partial charge in [-0.3, -0.25) is 4.57 Å². The summed E-state index contributed by atoms with van der Waals surface area (Å²) < 4.78 is 10.5. The molecule has 0 fully saturated rings. The molecule has 4 N–H and O–H groups in total. The maximum absolute atomic E-state index is 10.8. The van der Waals surface area contributed by atoms with Crippen LogP contribution in [-0.2, 0) is 11.0 Å². The summed E-state index contributed by atoms with van der Waals surface area (Å²) >= 11 is 0. The number of hydrogen-bond acceptors (Lipinski definition) is 3. The summed E-state index contributed by atoms with van der Waals surface area (Å²) in [4.78, 5) is 26.2. The fraction of sp³-hybridized carbons (Fsp3) is 0.200. The Bertz CT molecular complexity index is 610. The van der Waals surface area contributed by atoms with Crippen molar-refractivity contribution in [2.24, 2.45) is 0 Å². The zero-order valence-corrected chi connectivity index (χ0v) is 10.3. The van der Waals surface area contributed by atoms with E-state index >= 15 is 0 Å². The number of aromatic nitrogens is 2. The second kappa shape index (κ2) is 5.30. The Kier molecular flexibility index (Phi) is 3.76. The molecule has 1 heterocycles. The third-order valence-electron chi connectivity index (χ3n) is 2.47. The smallest absolute Gasteiger partial charge is 0.371 e. The molecule has 8 heteroatoms. The maximum Gasteiger partial charge on any atom is 0.371 e. The quantitative estimate of drug-likeness (QED) is 0.596. The number of benzene rings is 1. The highest BCUT2D eigenvalue weighted by atomic mass is 31.1. The van der Waals surface area contributed by atoms with Crippen molar-refractivity contribution in [3.63, 3.8) is 0 Å². The lowest BCUT2D eigenvalue weighted by molar-refractivity contribution is 0.0685. The van der Waals surface area contributed by atoms with Crippen molar-refractivity contribution in [2.75, 3.05) is 6.54 Å². The molecule has 0 saturated carbocycles. The fourth-order valence-electron chi connectivity index (χ4n) is 1.70. The molecule has 0 radical (unpaired) electrons. The van der Waals surface area contributed by atoms with Crippen LogP contribution in [0.2, 0.25) is 0 Å². The molecule has 7 nitrogen and oxygen atoms in total. The van der Waals surface area contributed by atoms with E-state index in [0.717, 1.165) is 5.56 Å². The van der Waals surface area contributed by atoms with Gasteiger partial charge in [0.05, 0.1) is 11.0 Å². The second-order valence-electron chi connectivity index (χ2n) is 3.69. The zero-order valence-electron chi connectivity index (χ0n) is 9.30. The molecule has 0 spiro atoms. The summed E-state index contributed by atoms with van der Waals surface area (Å²) in [6, 6.07) is 5.33. The number of carbonyl (C=O) groups is 1. The first-order valence-electron chi connectivity index (χ1n) is 5.25. The van der Waals surface area contributed by atoms with Gasteiger partial charge in [-0.1, -0.05) is 12.1 Å². The first kappa shape index (κ1) is 12.8. The van der Waals surface area contributed by atoms with E-state index in [2.05, 4.69) is 15.1 Å². The third kappa shape index (κ3) is 2.76. The number of imidazole rings is 1. The van der Waals surface area contributed by atoms with Gasteiger partial charge in [0.15, 0.2) is 0 Å². The highest BCUT2D eigenvalue weighted by molar-refractivity contribution is 7.35. The van der Waals surface area contributed by atoms with Crippen LogP contribution in [0.25, 0.3) is 11.0 Å². The van der Waals surface area contributed by atoms with Crippen molar-refractivity contribution in [3.8, 4) is 0 Å². The Hall–Kier alpha value is -1.69. The average Bonchev–Trinajstić information content (AvgIpc) is 2.73. The van der Waals surface area contributed by atoms with Gasteiger partial charge in [0.1, 0.15) is 0 Å². The number of nitrogens with one attached hydrogen (secondary N) is 2. The Morgan fingerprint density at radius 1 is 1.50 bits per heavy atom. The molecule has 96 valence electrons. The van der Waals surface area contributed by atoms with E-state index in [-0.39, 0.29) is 5.82 Å². The highest BCUT2D eigenvalue weighted by Crippen LogP contribution is 2.17. The van der Waals surface area contributed by atoms with E-state index in [1.54, 1.807) is 12.1 Å². The van der Waals surface area contributed by atoms with Crippen LogP contribution in [0.1, 0.15) is 16.2 Å². The van der Waals surface area contributed by atoms with Crippen LogP contribution in [0, 0.1) is 0 Å². The number of para-hydroxylation sites is 1. The first-order valence-corrected chi connectivity index (χ1v) is 6.61. The number of H-pyrrole nitrogens is 1. The monoisotopic (exact) mass is 269 g/mol. The molecule has 1 aromatic heterocycles. The molecule has 1 aromatic carbocycles. The standard InChI is InChI=1S/C10H12N3O4P/c14-10(15)9-12-7-3-1-2-6(8(7)13-9)4-5-11-18(16)17/h1-3,18H,4-5H2,(H,12,13)(H,14,15)(H2,11,16,17). The normalized spacial score (nSPS) is 12.7. The van der Waals surface area contributed by atoms with Crippen molar-refractivity contribution < 1.29 is 19.4 Å². The van der Waals surface area contributed by atoms with Crippen LogP contribution in [-0.4, -0.2) is 32.5 Å². The Balaban J connectivity index is 2.27. The molecule has 0 saturated heterocycles. The van der Waals surface area contributed by atoms with Crippen LogP contribution in [0.3, 0.4) is 0 Å². The Morgan fingerprint density at radius 2 is 2.28 bits per heavy atom. The zero-order chi connectivity index (χ0) is 13.1. The molecule has 1 atom stereocenters. The van der Waals surface area contributed by atoms with E-state index in [1.807, 2.05) is 6.07 Å². The minimum atomic E-state index is -2.69. The third-order valence-corrected chi connectivity index (χ3v) is 3.02. The van der Waals surface area contributed by atoms with Gasteiger partial charge in [-0.2, -0.15) is 0 Å². The van der Waals surface area contributed by atoms with E-state index in [0.29, 0.717) is 24.0 Å². The van der Waals surface area contributed by atoms with Crippen molar-refractivity contribution in [2.45, 2.75) is 6.42 Å². The second-order valence-corrected chi connectivity index (χ2v) is 4.65. The summed E-state index contributed by atoms with van der Waals surface area (Å²) in [6.45, 7) is 0.336. The van der Waals surface area contributed by atoms with Gasteiger partial charge in [-0.25, -0.2) is 14.9 Å². The van der Waals surface area contributed by atoms with Gasteiger partial charge in [-0.05, 0) is 18.1 Å². The number of aromatic carboxylic acids is 1. The van der Waals surface area contributed by atoms with Crippen molar-refractivity contribution in [1.29, 1.82) is 0 Å². The number of fused-ring (bicyclic) bond motifs is 1. The molecule has 0 aliphatic carbocycles. The predicted molar refractivity (Wildman–Crippen MR) is 66.0 cm³/mol. The van der Waals surface area contributed by atoms with Crippen LogP contribution < -0.4 is 5.09 Å². The molecule has 1 unspecified atom stereocenters. The van der Waals surface area contributed by atoms with Gasteiger partial charge < -0.3 is 15.0 Å². The van der Waals surface area contributed by atoms with E-state index in [9.17, 15) is 9.36 Å². The number of aromatic amines is 1. The Labute approximate surface area is 103 Å². The van der Waals surface area contributed by atoms with E-state index in [4.69, 9.17) is 10.00 Å². The number of nitrogens with zero attached hydrogens (tertiary/aromatic N) is 1. The van der Waals surface area contributed by atoms with E-state index < -0.39 is 14.1 Å². The van der Waals surface area contributed by atoms with Crippen LogP contribution in [0.15, 0.2) is 18.2 Å². The molecule has 0 aliphatic rings. The lowest BCUT2D eigenvalue weighted by atomic mass is 10.1. The summed E-state index contributed by atoms with van der Waals surface area (Å²) in [7, 11) is -2.69. The molecular weight excluding hydrogens is 257 g/mol. The SMILES string of the molecule is O=C(O)c1nc2c(CCN[PH](=O)O)cccc2[nH]1. The summed E-state index contributed by atoms with van der Waals surface area (Å²) in [5.41, 5.74) is 2.04. The largest absolute Gasteiger partial charge is 0.475 e. The topological polar surface area (TPSA) is 115 Å². The van der Waals surface area contributed by atoms with Crippen LogP contribution >= 0.6 is 8.18 Å². The summed E-state index contributed by atoms with van der Waals surface area (Å²) in [6.07, 6.45) is 0.498. The number of rotatable bonds is 5. The van der Waals surface area contributed by atoms with Crippen molar-refractivity contribution >= 4 is 25.2 Å². The first-order chi connectivity index (χ1) is 8.58. The van der Waals surface area contributed by atoms with Gasteiger partial charge in [-0.15, -0.1) is 0 Å². The minimum Gasteiger partial charge on any atom is -0.475 e. The maximum atomic E-state index is 10.8. The van der Waals surface area contributed by atoms with Gasteiger partial charge in [0.2, 0.25) is 5.82 Å². The van der Waals surface area contributed by atoms with Crippen molar-refractivity contribution in [3.05, 3.63) is 29.6 Å². The number of carboxylic acids is 1. The molecule has 2 aromatic rings. The number of hydrogen-bond donors (Lipinski definition) is 4. The fourth-order valence-corrected chi connectivity index (χ4v) is 2.04. The van der Waals surface area contributed by atoms with Crippen LogP contribution in [0.4, 0.5) is 0 Å². The van der Waals surface area contributed by atoms with Gasteiger partial charge in [0.25, 0.3) is 8.18 Å². The van der Waals surface area contributed by atoms with E-state index in [1.165, 1.54) is 0 Å². The van der Waals surface area contributed by atoms with Crippen molar-refractivity contribution in [1.82, 2.24) is 15.1 Å². The van der Waals surface area contributed by atoms with Gasteiger partial charge in [0, 0.05) is 6.54 Å². The summed E-state index contributed by atoms with van der Waals surface area (Å²) in [5, 5.41) is 11.3. The van der Waals surface area contributed by atoms with Crippen LogP contribution in [0.5, 0.6) is 0 Å². The lowest BCUT2D eigenvalue weighted by Gasteiger charge is -2.02.